The van der Waals surface area contributed by atoms with Crippen LogP contribution < -0.4 is 5.73 Å². The van der Waals surface area contributed by atoms with Gasteiger partial charge in [-0.25, -0.2) is 0 Å². The molecule has 2 rings (SSSR count). The molecule has 0 saturated heterocycles. The number of hydrogen-bond donors (Lipinski definition) is 1. The SMILES string of the molecule is Nc1ccc(Cl)cc1C(=O)c1cc(Cl)ccc1Cl. The van der Waals surface area contributed by atoms with Gasteiger partial charge in [0.25, 0.3) is 0 Å². The summed E-state index contributed by atoms with van der Waals surface area (Å²) in [6, 6.07) is 9.39. The van der Waals surface area contributed by atoms with Crippen LogP contribution in [0.4, 0.5) is 5.69 Å². The Balaban J connectivity index is 2.54. The summed E-state index contributed by atoms with van der Waals surface area (Å²) >= 11 is 17.7. The summed E-state index contributed by atoms with van der Waals surface area (Å²) < 4.78 is 0. The van der Waals surface area contributed by atoms with Crippen molar-refractivity contribution < 1.29 is 4.79 Å². The van der Waals surface area contributed by atoms with E-state index in [2.05, 4.69) is 0 Å². The molecule has 2 N–H and O–H groups in total. The van der Waals surface area contributed by atoms with Crippen LogP contribution in [-0.2, 0) is 0 Å². The fourth-order valence-corrected chi connectivity index (χ4v) is 2.09. The number of rotatable bonds is 2. The first kappa shape index (κ1) is 13.2. The third-order valence-corrected chi connectivity index (χ3v) is 3.23. The van der Waals surface area contributed by atoms with E-state index in [1.165, 1.54) is 12.1 Å². The van der Waals surface area contributed by atoms with E-state index in [1.54, 1.807) is 24.3 Å². The maximum absolute atomic E-state index is 12.3. The van der Waals surface area contributed by atoms with Gasteiger partial charge in [0.2, 0.25) is 0 Å². The lowest BCUT2D eigenvalue weighted by Crippen LogP contribution is -2.06. The van der Waals surface area contributed by atoms with Crippen LogP contribution in [0.15, 0.2) is 36.4 Å². The van der Waals surface area contributed by atoms with Crippen LogP contribution in [0, 0.1) is 0 Å². The van der Waals surface area contributed by atoms with Gasteiger partial charge in [0, 0.05) is 26.9 Å². The zero-order chi connectivity index (χ0) is 13.3. The Kier molecular flexibility index (Phi) is 3.81. The van der Waals surface area contributed by atoms with Crippen molar-refractivity contribution in [1.29, 1.82) is 0 Å². The van der Waals surface area contributed by atoms with E-state index < -0.39 is 0 Å². The third-order valence-electron chi connectivity index (χ3n) is 2.43. The number of halogens is 3. The Bertz CT molecular complexity index is 572. The highest BCUT2D eigenvalue weighted by Gasteiger charge is 2.16. The molecule has 0 spiro atoms. The Hall–Kier alpha value is -1.22. The van der Waals surface area contributed by atoms with Gasteiger partial charge in [-0.2, -0.15) is 0 Å². The minimum atomic E-state index is -0.303. The number of hydrogen-bond acceptors (Lipinski definition) is 2. The molecule has 0 unspecified atom stereocenters. The largest absolute Gasteiger partial charge is 0.398 e. The van der Waals surface area contributed by atoms with Crippen molar-refractivity contribution in [2.75, 3.05) is 5.73 Å². The molecule has 0 aliphatic carbocycles. The Morgan fingerprint density at radius 1 is 0.889 bits per heavy atom. The van der Waals surface area contributed by atoms with Gasteiger partial charge in [-0.3, -0.25) is 4.79 Å². The normalized spacial score (nSPS) is 10.4. The van der Waals surface area contributed by atoms with Crippen LogP contribution in [0.1, 0.15) is 15.9 Å². The van der Waals surface area contributed by atoms with Crippen molar-refractivity contribution in [1.82, 2.24) is 0 Å². The minimum Gasteiger partial charge on any atom is -0.398 e. The molecule has 18 heavy (non-hydrogen) atoms. The van der Waals surface area contributed by atoms with Crippen LogP contribution in [0.25, 0.3) is 0 Å². The summed E-state index contributed by atoms with van der Waals surface area (Å²) in [5.41, 5.74) is 6.72. The molecule has 5 heteroatoms. The molecule has 0 aromatic heterocycles. The van der Waals surface area contributed by atoms with Crippen LogP contribution in [-0.4, -0.2) is 5.78 Å². The van der Waals surface area contributed by atoms with E-state index in [0.717, 1.165) is 0 Å². The zero-order valence-corrected chi connectivity index (χ0v) is 11.4. The summed E-state index contributed by atoms with van der Waals surface area (Å²) in [5.74, 6) is -0.303. The van der Waals surface area contributed by atoms with Gasteiger partial charge in [0.05, 0.1) is 5.02 Å². The van der Waals surface area contributed by atoms with E-state index >= 15 is 0 Å². The van der Waals surface area contributed by atoms with Gasteiger partial charge in [-0.15, -0.1) is 0 Å². The average molecular weight is 301 g/mol. The predicted octanol–water partition coefficient (Wildman–Crippen LogP) is 4.46. The molecule has 0 fully saturated rings. The van der Waals surface area contributed by atoms with Crippen LogP contribution in [0.5, 0.6) is 0 Å². The van der Waals surface area contributed by atoms with Crippen molar-refractivity contribution in [2.45, 2.75) is 0 Å². The number of nitrogen functional groups attached to an aromatic ring is 1. The summed E-state index contributed by atoms with van der Waals surface area (Å²) in [6.45, 7) is 0. The molecule has 92 valence electrons. The number of carbonyl (C=O) groups is 1. The topological polar surface area (TPSA) is 43.1 Å². The summed E-state index contributed by atoms with van der Waals surface area (Å²) in [5, 5.41) is 1.19. The molecular weight excluding hydrogens is 293 g/mol. The first-order valence-electron chi connectivity index (χ1n) is 5.04. The number of nitrogens with two attached hydrogens (primary N) is 1. The Labute approximate surface area is 119 Å². The van der Waals surface area contributed by atoms with Gasteiger partial charge in [0.1, 0.15) is 0 Å². The molecule has 0 aliphatic heterocycles. The Morgan fingerprint density at radius 2 is 1.44 bits per heavy atom. The second kappa shape index (κ2) is 5.19. The molecule has 0 saturated carbocycles. The molecule has 0 aliphatic rings. The Morgan fingerprint density at radius 3 is 2.11 bits per heavy atom. The van der Waals surface area contributed by atoms with Crippen molar-refractivity contribution >= 4 is 46.3 Å². The van der Waals surface area contributed by atoms with E-state index in [-0.39, 0.29) is 5.78 Å². The highest BCUT2D eigenvalue weighted by molar-refractivity contribution is 6.37. The van der Waals surface area contributed by atoms with Crippen molar-refractivity contribution in [3.05, 3.63) is 62.6 Å². The zero-order valence-electron chi connectivity index (χ0n) is 9.08. The van der Waals surface area contributed by atoms with Crippen LogP contribution in [0.2, 0.25) is 15.1 Å². The summed E-state index contributed by atoms with van der Waals surface area (Å²) in [6.07, 6.45) is 0. The first-order chi connectivity index (χ1) is 8.49. The maximum atomic E-state index is 12.3. The lowest BCUT2D eigenvalue weighted by molar-refractivity contribution is 0.103. The maximum Gasteiger partial charge on any atom is 0.196 e. The molecule has 0 bridgehead atoms. The molecule has 0 amide bonds. The van der Waals surface area contributed by atoms with E-state index in [4.69, 9.17) is 40.5 Å². The van der Waals surface area contributed by atoms with Gasteiger partial charge in [-0.1, -0.05) is 34.8 Å². The van der Waals surface area contributed by atoms with Crippen LogP contribution in [0.3, 0.4) is 0 Å². The molecular formula is C13H8Cl3NO. The van der Waals surface area contributed by atoms with Gasteiger partial charge >= 0.3 is 0 Å². The fourth-order valence-electron chi connectivity index (χ4n) is 1.54. The second-order valence-electron chi connectivity index (χ2n) is 3.68. The summed E-state index contributed by atoms with van der Waals surface area (Å²) in [7, 11) is 0. The van der Waals surface area contributed by atoms with Gasteiger partial charge < -0.3 is 5.73 Å². The monoisotopic (exact) mass is 299 g/mol. The molecule has 2 nitrogen and oxygen atoms in total. The minimum absolute atomic E-state index is 0.303. The molecule has 0 radical (unpaired) electrons. The van der Waals surface area contributed by atoms with E-state index in [0.29, 0.717) is 31.9 Å². The fraction of sp³-hybridized carbons (Fsp3) is 0. The number of benzene rings is 2. The third kappa shape index (κ3) is 2.61. The second-order valence-corrected chi connectivity index (χ2v) is 4.96. The van der Waals surface area contributed by atoms with Gasteiger partial charge in [0.15, 0.2) is 5.78 Å². The quantitative estimate of drug-likeness (QED) is 0.657. The van der Waals surface area contributed by atoms with E-state index in [1.807, 2.05) is 0 Å². The molecule has 2 aromatic rings. The predicted molar refractivity (Wildman–Crippen MR) is 75.8 cm³/mol. The number of anilines is 1. The highest BCUT2D eigenvalue weighted by atomic mass is 35.5. The molecule has 2 aromatic carbocycles. The van der Waals surface area contributed by atoms with Crippen molar-refractivity contribution in [3.63, 3.8) is 0 Å². The lowest BCUT2D eigenvalue weighted by Gasteiger charge is -2.07. The molecule has 0 heterocycles. The smallest absolute Gasteiger partial charge is 0.196 e. The van der Waals surface area contributed by atoms with Crippen molar-refractivity contribution in [2.24, 2.45) is 0 Å². The molecule has 0 atom stereocenters. The summed E-state index contributed by atoms with van der Waals surface area (Å²) in [4.78, 5) is 12.3. The lowest BCUT2D eigenvalue weighted by atomic mass is 10.0. The average Bonchev–Trinajstić information content (AvgIpc) is 2.34. The standard InChI is InChI=1S/C13H8Cl3NO/c14-7-1-3-11(16)9(5-7)13(18)10-6-8(15)2-4-12(10)17/h1-6H,17H2. The number of ketones is 1. The van der Waals surface area contributed by atoms with Gasteiger partial charge in [-0.05, 0) is 36.4 Å². The van der Waals surface area contributed by atoms with Crippen molar-refractivity contribution in [3.8, 4) is 0 Å². The van der Waals surface area contributed by atoms with E-state index in [9.17, 15) is 4.79 Å². The number of carbonyl (C=O) groups excluding carboxylic acids is 1. The highest BCUT2D eigenvalue weighted by Crippen LogP contribution is 2.26. The van der Waals surface area contributed by atoms with Crippen LogP contribution >= 0.6 is 34.8 Å². The first-order valence-corrected chi connectivity index (χ1v) is 6.17.